The third kappa shape index (κ3) is 1.17. The molecule has 0 aromatic heterocycles. The number of hydrogen-bond acceptors (Lipinski definition) is 4. The van der Waals surface area contributed by atoms with Gasteiger partial charge < -0.3 is 15.7 Å². The number of hydrogen-bond donors (Lipinski definition) is 2. The monoisotopic (exact) mass is 313 g/mol. The number of carbonyl (C=O) groups is 1. The molecule has 23 heavy (non-hydrogen) atoms. The molecule has 1 amide bonds. The Hall–Kier alpha value is -1.12. The van der Waals surface area contributed by atoms with Crippen LogP contribution in [-0.2, 0) is 4.79 Å². The maximum absolute atomic E-state index is 13.2. The molecule has 0 aromatic rings. The van der Waals surface area contributed by atoms with Gasteiger partial charge in [0, 0.05) is 11.5 Å². The van der Waals surface area contributed by atoms with Crippen molar-refractivity contribution in [1.29, 1.82) is 5.26 Å². The molecule has 1 spiro atoms. The van der Waals surface area contributed by atoms with Crippen molar-refractivity contribution in [2.75, 3.05) is 0 Å². The molecule has 7 unspecified atom stereocenters. The molecule has 6 aliphatic rings. The van der Waals surface area contributed by atoms with Crippen LogP contribution in [0.2, 0.25) is 0 Å². The van der Waals surface area contributed by atoms with Gasteiger partial charge >= 0.3 is 0 Å². The van der Waals surface area contributed by atoms with Crippen LogP contribution in [0.3, 0.4) is 0 Å². The highest BCUT2D eigenvalue weighted by atomic mass is 16.3. The number of aliphatic hydroxyl groups is 1. The Morgan fingerprint density at radius 2 is 2.04 bits per heavy atom. The van der Waals surface area contributed by atoms with Gasteiger partial charge in [-0.05, 0) is 68.1 Å². The second-order valence-electron chi connectivity index (χ2n) is 9.48. The summed E-state index contributed by atoms with van der Waals surface area (Å²) in [5, 5.41) is 20.3. The second kappa shape index (κ2) is 3.45. The molecule has 1 saturated heterocycles. The lowest BCUT2D eigenvalue weighted by atomic mass is 9.30. The van der Waals surface area contributed by atoms with Gasteiger partial charge in [0.15, 0.2) is 0 Å². The van der Waals surface area contributed by atoms with Gasteiger partial charge in [-0.15, -0.1) is 0 Å². The molecule has 0 aromatic carbocycles. The third-order valence-corrected chi connectivity index (χ3v) is 8.83. The number of rotatable bonds is 2. The maximum atomic E-state index is 13.2. The Kier molecular flexibility index (Phi) is 1.98. The van der Waals surface area contributed by atoms with Crippen molar-refractivity contribution in [3.63, 3.8) is 0 Å². The molecular weight excluding hydrogens is 290 g/mol. The summed E-state index contributed by atoms with van der Waals surface area (Å²) in [7, 11) is 0. The number of fused-ring (bicyclic) bond motifs is 2. The predicted molar refractivity (Wildman–Crippen MR) is 80.6 cm³/mol. The summed E-state index contributed by atoms with van der Waals surface area (Å²) < 4.78 is 0. The van der Waals surface area contributed by atoms with E-state index in [1.807, 2.05) is 4.90 Å². The summed E-state index contributed by atoms with van der Waals surface area (Å²) in [6, 6.07) is 1.77. The molecule has 5 nitrogen and oxygen atoms in total. The van der Waals surface area contributed by atoms with E-state index in [1.165, 1.54) is 6.42 Å². The molecular formula is C18H23N3O2. The highest BCUT2D eigenvalue weighted by molar-refractivity contribution is 5.85. The van der Waals surface area contributed by atoms with Crippen LogP contribution in [0.1, 0.15) is 44.9 Å². The van der Waals surface area contributed by atoms with Crippen molar-refractivity contribution in [2.24, 2.45) is 34.3 Å². The van der Waals surface area contributed by atoms with Crippen LogP contribution >= 0.6 is 0 Å². The number of amides is 1. The van der Waals surface area contributed by atoms with Crippen LogP contribution in [0.5, 0.6) is 0 Å². The van der Waals surface area contributed by atoms with Crippen LogP contribution in [-0.4, -0.2) is 39.6 Å². The summed E-state index contributed by atoms with van der Waals surface area (Å²) in [6.07, 6.45) is 6.60. The molecule has 0 radical (unpaired) electrons. The lowest BCUT2D eigenvalue weighted by Gasteiger charge is -2.74. The van der Waals surface area contributed by atoms with Gasteiger partial charge in [-0.1, -0.05) is 0 Å². The van der Waals surface area contributed by atoms with E-state index in [0.717, 1.165) is 32.1 Å². The summed E-state index contributed by atoms with van der Waals surface area (Å²) in [4.78, 5) is 15.0. The van der Waals surface area contributed by atoms with Crippen molar-refractivity contribution in [1.82, 2.24) is 4.90 Å². The number of nitrogens with two attached hydrogens (primary N) is 1. The normalized spacial score (nSPS) is 61.1. The van der Waals surface area contributed by atoms with E-state index in [0.29, 0.717) is 24.2 Å². The number of likely N-dealkylation sites (tertiary alicyclic amines) is 1. The summed E-state index contributed by atoms with van der Waals surface area (Å²) in [6.45, 7) is 0. The van der Waals surface area contributed by atoms with E-state index in [2.05, 4.69) is 6.07 Å². The highest BCUT2D eigenvalue weighted by Crippen LogP contribution is 2.88. The van der Waals surface area contributed by atoms with E-state index in [1.54, 1.807) is 0 Å². The van der Waals surface area contributed by atoms with E-state index >= 15 is 0 Å². The molecule has 1 heterocycles. The summed E-state index contributed by atoms with van der Waals surface area (Å²) in [5.74, 6) is 1.79. The zero-order valence-corrected chi connectivity index (χ0v) is 13.2. The van der Waals surface area contributed by atoms with Crippen molar-refractivity contribution in [3.8, 4) is 6.07 Å². The first-order chi connectivity index (χ1) is 10.9. The third-order valence-electron chi connectivity index (χ3n) is 8.83. The van der Waals surface area contributed by atoms with Crippen LogP contribution in [0, 0.1) is 39.9 Å². The minimum Gasteiger partial charge on any atom is -0.390 e. The fourth-order valence-corrected chi connectivity index (χ4v) is 8.09. The maximum Gasteiger partial charge on any atom is 0.241 e. The molecule has 1 aliphatic heterocycles. The molecule has 5 heteroatoms. The molecule has 6 rings (SSSR count). The van der Waals surface area contributed by atoms with E-state index < -0.39 is 11.6 Å². The van der Waals surface area contributed by atoms with Gasteiger partial charge in [-0.25, -0.2) is 0 Å². The van der Waals surface area contributed by atoms with Gasteiger partial charge in [-0.2, -0.15) is 5.26 Å². The van der Waals surface area contributed by atoms with Crippen molar-refractivity contribution in [3.05, 3.63) is 0 Å². The summed E-state index contributed by atoms with van der Waals surface area (Å²) in [5.41, 5.74) is 5.98. The largest absolute Gasteiger partial charge is 0.390 e. The highest BCUT2D eigenvalue weighted by Gasteiger charge is 2.85. The molecule has 5 saturated carbocycles. The van der Waals surface area contributed by atoms with E-state index in [4.69, 9.17) is 5.73 Å². The summed E-state index contributed by atoms with van der Waals surface area (Å²) >= 11 is 0. The van der Waals surface area contributed by atoms with Crippen molar-refractivity contribution in [2.45, 2.75) is 68.7 Å². The van der Waals surface area contributed by atoms with Gasteiger partial charge in [0.2, 0.25) is 5.91 Å². The molecule has 9 atom stereocenters. The number of nitrogens with zero attached hydrogens (tertiary/aromatic N) is 2. The first kappa shape index (κ1) is 13.2. The minimum absolute atomic E-state index is 0.00354. The first-order valence-corrected chi connectivity index (χ1v) is 9.14. The second-order valence-corrected chi connectivity index (χ2v) is 9.48. The van der Waals surface area contributed by atoms with Gasteiger partial charge in [0.1, 0.15) is 6.04 Å². The standard InChI is InChI=1S/C18H23N3O2/c19-6-12-1-9-2-13(9)21(12)15(22)14(20)17-5-11-3-10-4-16(23,7-17)8-18(10,11)17/h9-14,23H,1-5,7-8,20H2/t9?,10?,11?,12-,13?,14+,16?,17?,18?/m0/s1. The SMILES string of the molecule is N#C[C@@H]1CC2CC2N1C(=O)[C@@H](N)C12CC3CC4CC(O)(CC431)C2. The number of carbonyl (C=O) groups excluding carboxylic acids is 1. The molecule has 3 N–H and O–H groups in total. The Balaban J connectivity index is 1.35. The van der Waals surface area contributed by atoms with E-state index in [9.17, 15) is 15.2 Å². The molecule has 122 valence electrons. The minimum atomic E-state index is -0.574. The smallest absolute Gasteiger partial charge is 0.241 e. The van der Waals surface area contributed by atoms with Crippen LogP contribution < -0.4 is 5.73 Å². The zero-order chi connectivity index (χ0) is 15.8. The van der Waals surface area contributed by atoms with Crippen LogP contribution in [0.15, 0.2) is 0 Å². The van der Waals surface area contributed by atoms with Crippen molar-refractivity contribution < 1.29 is 9.90 Å². The fourth-order valence-electron chi connectivity index (χ4n) is 8.09. The molecule has 6 fully saturated rings. The van der Waals surface area contributed by atoms with Gasteiger partial charge in [-0.3, -0.25) is 4.79 Å². The van der Waals surface area contributed by atoms with Crippen LogP contribution in [0.4, 0.5) is 0 Å². The Bertz CT molecular complexity index is 688. The quantitative estimate of drug-likeness (QED) is 0.788. The topological polar surface area (TPSA) is 90.4 Å². The fraction of sp³-hybridized carbons (Fsp3) is 0.889. The van der Waals surface area contributed by atoms with Crippen LogP contribution in [0.25, 0.3) is 0 Å². The Morgan fingerprint density at radius 1 is 1.26 bits per heavy atom. The Labute approximate surface area is 135 Å². The van der Waals surface area contributed by atoms with Crippen molar-refractivity contribution >= 4 is 5.91 Å². The van der Waals surface area contributed by atoms with E-state index in [-0.39, 0.29) is 28.8 Å². The molecule has 2 bridgehead atoms. The average Bonchev–Trinajstić information content (AvgIpc) is 2.97. The van der Waals surface area contributed by atoms with Gasteiger partial charge in [0.05, 0.1) is 17.7 Å². The number of piperidine rings is 1. The lowest BCUT2D eigenvalue weighted by Crippen LogP contribution is -2.74. The lowest BCUT2D eigenvalue weighted by molar-refractivity contribution is -0.256. The first-order valence-electron chi connectivity index (χ1n) is 9.14. The zero-order valence-electron chi connectivity index (χ0n) is 13.2. The average molecular weight is 313 g/mol. The predicted octanol–water partition coefficient (Wildman–Crippen LogP) is 0.768. The molecule has 5 aliphatic carbocycles. The Morgan fingerprint density at radius 3 is 2.74 bits per heavy atom. The van der Waals surface area contributed by atoms with Gasteiger partial charge in [0.25, 0.3) is 0 Å². The number of nitriles is 1.